The molecule has 0 bridgehead atoms. The normalized spacial score (nSPS) is 54.9. The first-order valence-corrected chi connectivity index (χ1v) is 12.5. The van der Waals surface area contributed by atoms with Gasteiger partial charge in [0.05, 0.1) is 0 Å². The zero-order chi connectivity index (χ0) is 19.5. The Morgan fingerprint density at radius 3 is 2.62 bits per heavy atom. The Bertz CT molecular complexity index is 824. The molecule has 5 saturated carbocycles. The van der Waals surface area contributed by atoms with Crippen LogP contribution in [-0.2, 0) is 14.3 Å². The molecule has 1 heterocycles. The molecular formula is C26H34O3. The second-order valence-electron chi connectivity index (χ2n) is 11.7. The van der Waals surface area contributed by atoms with E-state index < -0.39 is 0 Å². The van der Waals surface area contributed by atoms with E-state index in [0.29, 0.717) is 24.0 Å². The van der Waals surface area contributed by atoms with Crippen molar-refractivity contribution in [3.8, 4) is 0 Å². The maximum atomic E-state index is 12.3. The highest BCUT2D eigenvalue weighted by molar-refractivity contribution is 5.91. The van der Waals surface area contributed by atoms with Crippen molar-refractivity contribution in [3.05, 3.63) is 11.6 Å². The van der Waals surface area contributed by atoms with Crippen LogP contribution in [0.1, 0.15) is 77.6 Å². The summed E-state index contributed by atoms with van der Waals surface area (Å²) in [5.41, 5.74) is 1.65. The van der Waals surface area contributed by atoms with Gasteiger partial charge in [-0.3, -0.25) is 9.59 Å². The zero-order valence-electron chi connectivity index (χ0n) is 17.7. The van der Waals surface area contributed by atoms with E-state index in [4.69, 9.17) is 4.74 Å². The SMILES string of the molecule is CC[C@]12CCC3C(C1[C@H]1C[C@H]1[C@@]21CCC(=O)O1)[C@H](C1CC1)CC1=CC(=O)CC[C@@H]13. The van der Waals surface area contributed by atoms with Gasteiger partial charge < -0.3 is 4.74 Å². The zero-order valence-corrected chi connectivity index (χ0v) is 17.7. The van der Waals surface area contributed by atoms with Crippen LogP contribution in [0.5, 0.6) is 0 Å². The molecule has 6 aliphatic carbocycles. The molecular weight excluding hydrogens is 360 g/mol. The quantitative estimate of drug-likeness (QED) is 0.613. The number of hydrogen-bond acceptors (Lipinski definition) is 3. The molecule has 1 spiro atoms. The minimum absolute atomic E-state index is 0.0737. The summed E-state index contributed by atoms with van der Waals surface area (Å²) in [4.78, 5) is 24.5. The minimum atomic E-state index is -0.119. The number of carbonyl (C=O) groups is 2. The van der Waals surface area contributed by atoms with Crippen LogP contribution in [0.3, 0.4) is 0 Å². The van der Waals surface area contributed by atoms with Gasteiger partial charge in [-0.05, 0) is 105 Å². The van der Waals surface area contributed by atoms with E-state index in [0.717, 1.165) is 54.8 Å². The van der Waals surface area contributed by atoms with Crippen LogP contribution in [0.2, 0.25) is 0 Å². The second-order valence-corrected chi connectivity index (χ2v) is 11.7. The van der Waals surface area contributed by atoms with Gasteiger partial charge in [0.15, 0.2) is 5.78 Å². The summed E-state index contributed by atoms with van der Waals surface area (Å²) in [6, 6.07) is 0. The molecule has 7 aliphatic rings. The first kappa shape index (κ1) is 17.5. The van der Waals surface area contributed by atoms with Crippen molar-refractivity contribution < 1.29 is 14.3 Å². The number of esters is 1. The molecule has 0 radical (unpaired) electrons. The molecule has 6 fully saturated rings. The van der Waals surface area contributed by atoms with Crippen molar-refractivity contribution in [1.82, 2.24) is 0 Å². The van der Waals surface area contributed by atoms with Crippen LogP contribution in [0.15, 0.2) is 11.6 Å². The molecule has 3 heteroatoms. The molecule has 1 aliphatic heterocycles. The van der Waals surface area contributed by atoms with E-state index in [9.17, 15) is 9.59 Å². The number of carbonyl (C=O) groups excluding carboxylic acids is 2. The van der Waals surface area contributed by atoms with Crippen LogP contribution < -0.4 is 0 Å². The van der Waals surface area contributed by atoms with Crippen LogP contribution in [-0.4, -0.2) is 17.4 Å². The highest BCUT2D eigenvalue weighted by Gasteiger charge is 2.80. The fourth-order valence-electron chi connectivity index (χ4n) is 10.1. The third-order valence-electron chi connectivity index (χ3n) is 11.1. The lowest BCUT2D eigenvalue weighted by Crippen LogP contribution is -2.58. The Morgan fingerprint density at radius 1 is 1.03 bits per heavy atom. The fourth-order valence-corrected chi connectivity index (χ4v) is 10.1. The molecule has 0 N–H and O–H groups in total. The van der Waals surface area contributed by atoms with Crippen LogP contribution in [0, 0.1) is 52.8 Å². The monoisotopic (exact) mass is 394 g/mol. The average Bonchev–Trinajstić information content (AvgIpc) is 3.64. The van der Waals surface area contributed by atoms with Crippen molar-refractivity contribution in [2.24, 2.45) is 52.8 Å². The molecule has 7 rings (SSSR count). The Hall–Kier alpha value is -1.12. The van der Waals surface area contributed by atoms with Gasteiger partial charge in [-0.25, -0.2) is 0 Å². The summed E-state index contributed by atoms with van der Waals surface area (Å²) in [7, 11) is 0. The largest absolute Gasteiger partial charge is 0.458 e. The molecule has 0 aromatic carbocycles. The van der Waals surface area contributed by atoms with Gasteiger partial charge >= 0.3 is 5.97 Å². The topological polar surface area (TPSA) is 43.4 Å². The van der Waals surface area contributed by atoms with E-state index in [1.165, 1.54) is 50.5 Å². The molecule has 0 amide bonds. The molecule has 156 valence electrons. The number of ether oxygens (including phenoxy) is 1. The smallest absolute Gasteiger partial charge is 0.306 e. The van der Waals surface area contributed by atoms with E-state index in [1.54, 1.807) is 0 Å². The van der Waals surface area contributed by atoms with Gasteiger partial charge in [0, 0.05) is 24.2 Å². The Labute approximate surface area is 174 Å². The van der Waals surface area contributed by atoms with Crippen molar-refractivity contribution in [2.75, 3.05) is 0 Å². The van der Waals surface area contributed by atoms with Gasteiger partial charge in [0.2, 0.25) is 0 Å². The van der Waals surface area contributed by atoms with Gasteiger partial charge in [0.1, 0.15) is 5.60 Å². The first-order valence-electron chi connectivity index (χ1n) is 12.5. The lowest BCUT2D eigenvalue weighted by atomic mass is 9.45. The van der Waals surface area contributed by atoms with Gasteiger partial charge in [-0.2, -0.15) is 0 Å². The number of hydrogen-bond donors (Lipinski definition) is 0. The fraction of sp³-hybridized carbons (Fsp3) is 0.846. The molecule has 29 heavy (non-hydrogen) atoms. The van der Waals surface area contributed by atoms with Gasteiger partial charge in [-0.1, -0.05) is 12.5 Å². The van der Waals surface area contributed by atoms with Crippen LogP contribution >= 0.6 is 0 Å². The number of fused-ring (bicyclic) bond motifs is 9. The maximum absolute atomic E-state index is 12.3. The third-order valence-corrected chi connectivity index (χ3v) is 11.1. The van der Waals surface area contributed by atoms with E-state index in [1.807, 2.05) is 0 Å². The van der Waals surface area contributed by atoms with Crippen LogP contribution in [0.4, 0.5) is 0 Å². The summed E-state index contributed by atoms with van der Waals surface area (Å²) in [5.74, 6) is 6.65. The average molecular weight is 395 g/mol. The van der Waals surface area contributed by atoms with Gasteiger partial charge in [0.25, 0.3) is 0 Å². The molecule has 9 atom stereocenters. The minimum Gasteiger partial charge on any atom is -0.458 e. The molecule has 0 aromatic heterocycles. The molecule has 3 nitrogen and oxygen atoms in total. The van der Waals surface area contributed by atoms with Gasteiger partial charge in [-0.15, -0.1) is 0 Å². The Kier molecular flexibility index (Phi) is 3.37. The van der Waals surface area contributed by atoms with E-state index in [2.05, 4.69) is 13.0 Å². The maximum Gasteiger partial charge on any atom is 0.306 e. The summed E-state index contributed by atoms with van der Waals surface area (Å²) in [6.07, 6.45) is 14.6. The highest BCUT2D eigenvalue weighted by Crippen LogP contribution is 2.80. The van der Waals surface area contributed by atoms with Crippen molar-refractivity contribution in [3.63, 3.8) is 0 Å². The molecule has 3 unspecified atom stereocenters. The van der Waals surface area contributed by atoms with Crippen molar-refractivity contribution in [1.29, 1.82) is 0 Å². The summed E-state index contributed by atoms with van der Waals surface area (Å²) >= 11 is 0. The summed E-state index contributed by atoms with van der Waals surface area (Å²) in [6.45, 7) is 2.39. The number of rotatable bonds is 2. The van der Waals surface area contributed by atoms with Crippen LogP contribution in [0.25, 0.3) is 0 Å². The predicted octanol–water partition coefficient (Wildman–Crippen LogP) is 5.09. The third kappa shape index (κ3) is 2.06. The lowest BCUT2D eigenvalue weighted by molar-refractivity contribution is -0.183. The first-order chi connectivity index (χ1) is 14.1. The summed E-state index contributed by atoms with van der Waals surface area (Å²) in [5, 5.41) is 0. The Morgan fingerprint density at radius 2 is 1.90 bits per heavy atom. The Balaban J connectivity index is 1.33. The standard InChI is InChI=1S/C26H34O3/c1-2-25-9-7-18-17-6-5-16(27)11-15(17)12-19(14-3-4-14)23(18)24(25)20-13-21(20)26(25)10-8-22(28)29-26/h11,14,17-21,23-24H,2-10,12-13H2,1H3/t17-,18?,19-,20-,21+,23?,24?,25-,26-/m0/s1. The molecule has 0 aromatic rings. The predicted molar refractivity (Wildman–Crippen MR) is 109 cm³/mol. The lowest BCUT2D eigenvalue weighted by Gasteiger charge is -2.60. The number of ketones is 1. The highest BCUT2D eigenvalue weighted by atomic mass is 16.6. The van der Waals surface area contributed by atoms with Crippen molar-refractivity contribution in [2.45, 2.75) is 83.2 Å². The second kappa shape index (κ2) is 5.56. The van der Waals surface area contributed by atoms with Crippen molar-refractivity contribution >= 4 is 11.8 Å². The number of allylic oxidation sites excluding steroid dienone is 1. The van der Waals surface area contributed by atoms with E-state index >= 15 is 0 Å². The summed E-state index contributed by atoms with van der Waals surface area (Å²) < 4.78 is 6.34. The van der Waals surface area contributed by atoms with E-state index in [-0.39, 0.29) is 17.0 Å². The molecule has 1 saturated heterocycles.